The molecule has 0 aliphatic rings. The smallest absolute Gasteiger partial charge is 0.160 e. The van der Waals surface area contributed by atoms with E-state index in [4.69, 9.17) is 13.3 Å². The number of aromatic nitrogens is 3. The van der Waals surface area contributed by atoms with Gasteiger partial charge in [0.15, 0.2) is 16.7 Å². The molecule has 33 aromatic rings. The Labute approximate surface area is 779 Å². The van der Waals surface area contributed by atoms with Crippen LogP contribution in [0, 0.1) is 0 Å². The van der Waals surface area contributed by atoms with Gasteiger partial charge < -0.3 is 27.0 Å². The van der Waals surface area contributed by atoms with Crippen molar-refractivity contribution in [2.75, 3.05) is 0 Å². The molecule has 0 radical (unpaired) electrons. The standard InChI is InChI=1S/3C42H23NOS/c1-3-15-27-24(12-1)25-13-2-4-16-28(25)37-36(27)38-30-17-5-8-20-32(30)43(40(38)41-39(37)31-18-6-9-22-34(31)44-41)33-21-11-19-29-26-14-7-10-23-35(26)45-42(29)33;1-3-14-26-24(12-1)25-13-2-4-15-27(25)38-37(26)39-28-16-5-8-19-31(28)43(41(39)42-40(38)29-17-6-9-21-33(29)44-42)32-20-11-23-35-36(32)30-18-7-10-22-34(30)45-35;1-3-14-29-25(11-1)26-12-2-4-15-30(26)38-37(29)39-31-16-5-8-18-33(31)43(41(39)42-40(38)32-17-6-9-19-34(32)44-42)24-21-22-28-27-13-7-10-20-35(27)45-36(28)23-24/h3*1-23H. The van der Waals surface area contributed by atoms with Gasteiger partial charge in [0.1, 0.15) is 16.7 Å². The highest BCUT2D eigenvalue weighted by atomic mass is 32.1. The molecular weight excluding hydrogens is 1700 g/mol. The minimum atomic E-state index is 0.912. The highest BCUT2D eigenvalue weighted by molar-refractivity contribution is 7.27. The normalized spacial score (nSPS) is 12.4. The van der Waals surface area contributed by atoms with E-state index < -0.39 is 0 Å². The van der Waals surface area contributed by atoms with Crippen molar-refractivity contribution in [2.45, 2.75) is 0 Å². The summed E-state index contributed by atoms with van der Waals surface area (Å²) in [5.41, 5.74) is 16.0. The second kappa shape index (κ2) is 27.8. The second-order valence-corrected chi connectivity index (χ2v) is 39.2. The Hall–Kier alpha value is -16.9. The van der Waals surface area contributed by atoms with Crippen molar-refractivity contribution >= 4 is 323 Å². The highest BCUT2D eigenvalue weighted by Crippen LogP contribution is 2.57. The Balaban J connectivity index is 0.0000000945. The third kappa shape index (κ3) is 10.0. The molecular formula is C126H69N3O3S3. The minimum Gasteiger partial charge on any atom is -0.454 e. The Bertz CT molecular complexity index is 11100. The predicted molar refractivity (Wildman–Crippen MR) is 580 cm³/mol. The van der Waals surface area contributed by atoms with E-state index in [1.165, 1.54) is 234 Å². The van der Waals surface area contributed by atoms with Crippen LogP contribution in [-0.2, 0) is 0 Å². The van der Waals surface area contributed by atoms with E-state index in [9.17, 15) is 0 Å². The van der Waals surface area contributed by atoms with Crippen LogP contribution in [0.2, 0.25) is 0 Å². The first-order valence-electron chi connectivity index (χ1n) is 46.1. The van der Waals surface area contributed by atoms with Gasteiger partial charge in [0.05, 0.1) is 49.2 Å². The summed E-state index contributed by atoms with van der Waals surface area (Å²) >= 11 is 5.59. The van der Waals surface area contributed by atoms with E-state index in [1.54, 1.807) is 0 Å². The van der Waals surface area contributed by atoms with Crippen LogP contribution in [0.15, 0.2) is 432 Å². The quantitative estimate of drug-likeness (QED) is 0.166. The van der Waals surface area contributed by atoms with Crippen LogP contribution in [-0.4, -0.2) is 13.7 Å². The van der Waals surface area contributed by atoms with Gasteiger partial charge in [-0.3, -0.25) is 0 Å². The van der Waals surface area contributed by atoms with Gasteiger partial charge in [-0.25, -0.2) is 0 Å². The maximum Gasteiger partial charge on any atom is 0.160 e. The molecule has 0 saturated carbocycles. The average molecular weight is 1770 g/mol. The average Bonchev–Trinajstić information content (AvgIpc) is 1.53. The van der Waals surface area contributed by atoms with Gasteiger partial charge in [0.25, 0.3) is 0 Å². The van der Waals surface area contributed by atoms with Gasteiger partial charge >= 0.3 is 0 Å². The molecule has 0 saturated heterocycles. The van der Waals surface area contributed by atoms with Crippen LogP contribution in [0.3, 0.4) is 0 Å². The number of rotatable bonds is 3. The SMILES string of the molecule is c1ccc2c(c1)oc1c2c2c3ccccc3c3ccccc3c2c2c3ccccc3n(-c3ccc4c(c3)sc3ccccc34)c12.c1ccc2c(c1)oc1c2c2c3ccccc3c3ccccc3c2c2c3ccccc3n(-c3cccc4c3sc3ccccc34)c12.c1ccc2c(c1)oc1c2c2c3ccccc3c3ccccc3c2c2c3ccccc3n(-c3cccc4sc5ccccc5c34)c12. The Morgan fingerprint density at radius 1 is 0.156 bits per heavy atom. The lowest BCUT2D eigenvalue weighted by atomic mass is 9.89. The molecule has 33 rings (SSSR count). The number of furan rings is 3. The Morgan fingerprint density at radius 3 is 0.859 bits per heavy atom. The molecule has 0 aliphatic carbocycles. The number of hydrogen-bond donors (Lipinski definition) is 0. The number of benzene rings is 24. The largest absolute Gasteiger partial charge is 0.454 e. The summed E-state index contributed by atoms with van der Waals surface area (Å²) in [4.78, 5) is 0. The van der Waals surface area contributed by atoms with Gasteiger partial charge in [0, 0.05) is 158 Å². The zero-order valence-corrected chi connectivity index (χ0v) is 74.6. The number of para-hydroxylation sites is 6. The summed E-state index contributed by atoms with van der Waals surface area (Å²) in [5.74, 6) is 0. The maximum absolute atomic E-state index is 6.99. The summed E-state index contributed by atoms with van der Waals surface area (Å²) in [5, 5.41) is 45.1. The van der Waals surface area contributed by atoms with Gasteiger partial charge in [-0.2, -0.15) is 0 Å². The summed E-state index contributed by atoms with van der Waals surface area (Å²) < 4.78 is 36.1. The molecule has 0 atom stereocenters. The third-order valence-corrected chi connectivity index (χ3v) is 32.7. The van der Waals surface area contributed by atoms with Gasteiger partial charge in [-0.1, -0.05) is 334 Å². The molecule has 6 nitrogen and oxygen atoms in total. The zero-order valence-electron chi connectivity index (χ0n) is 72.1. The summed E-state index contributed by atoms with van der Waals surface area (Å²) in [6.07, 6.45) is 0. The Kier molecular flexibility index (Phi) is 15.2. The molecule has 9 heteroatoms. The van der Waals surface area contributed by atoms with Crippen LogP contribution in [0.4, 0.5) is 0 Å². The topological polar surface area (TPSA) is 54.2 Å². The molecule has 0 fully saturated rings. The number of fused-ring (bicyclic) bond motifs is 54. The molecule has 0 N–H and O–H groups in total. The van der Waals surface area contributed by atoms with Crippen LogP contribution >= 0.6 is 34.0 Å². The first kappa shape index (κ1) is 73.8. The number of hydrogen-bond acceptors (Lipinski definition) is 6. The monoisotopic (exact) mass is 1770 g/mol. The molecule has 0 amide bonds. The van der Waals surface area contributed by atoms with E-state index >= 15 is 0 Å². The fourth-order valence-corrected chi connectivity index (χ4v) is 27.4. The summed E-state index contributed by atoms with van der Waals surface area (Å²) in [6, 6.07) is 152. The summed E-state index contributed by atoms with van der Waals surface area (Å²) in [7, 11) is 0. The van der Waals surface area contributed by atoms with Crippen molar-refractivity contribution in [2.24, 2.45) is 0 Å². The van der Waals surface area contributed by atoms with E-state index in [0.29, 0.717) is 0 Å². The molecule has 0 aliphatic heterocycles. The van der Waals surface area contributed by atoms with Crippen molar-refractivity contribution < 1.29 is 13.3 Å². The van der Waals surface area contributed by atoms with E-state index in [2.05, 4.69) is 432 Å². The molecule has 9 heterocycles. The first-order valence-corrected chi connectivity index (χ1v) is 48.5. The van der Waals surface area contributed by atoms with Gasteiger partial charge in [0.2, 0.25) is 0 Å². The number of thiophene rings is 3. The fourth-order valence-electron chi connectivity index (χ4n) is 24.0. The first-order chi connectivity index (χ1) is 67.1. The second-order valence-electron chi connectivity index (χ2n) is 35.9. The van der Waals surface area contributed by atoms with Crippen molar-refractivity contribution in [3.05, 3.63) is 419 Å². The number of nitrogens with zero attached hydrogens (tertiary/aromatic N) is 3. The highest BCUT2D eigenvalue weighted by Gasteiger charge is 2.32. The van der Waals surface area contributed by atoms with Gasteiger partial charge in [-0.15, -0.1) is 34.0 Å². The van der Waals surface area contributed by atoms with Crippen molar-refractivity contribution in [3.8, 4) is 17.1 Å². The minimum absolute atomic E-state index is 0.912. The lowest BCUT2D eigenvalue weighted by molar-refractivity contribution is 0.671. The lowest BCUT2D eigenvalue weighted by Crippen LogP contribution is -1.95. The predicted octanol–water partition coefficient (Wildman–Crippen LogP) is 37.5. The molecule has 0 bridgehead atoms. The molecule has 135 heavy (non-hydrogen) atoms. The van der Waals surface area contributed by atoms with Gasteiger partial charge in [-0.05, 0) is 150 Å². The molecule has 0 spiro atoms. The van der Waals surface area contributed by atoms with E-state index in [0.717, 1.165) is 71.9 Å². The maximum atomic E-state index is 6.99. The van der Waals surface area contributed by atoms with Crippen LogP contribution < -0.4 is 0 Å². The van der Waals surface area contributed by atoms with E-state index in [-0.39, 0.29) is 0 Å². The fraction of sp³-hybridized carbons (Fsp3) is 0. The molecule has 624 valence electrons. The van der Waals surface area contributed by atoms with Crippen molar-refractivity contribution in [3.63, 3.8) is 0 Å². The third-order valence-electron chi connectivity index (χ3n) is 29.2. The van der Waals surface area contributed by atoms with Crippen LogP contribution in [0.1, 0.15) is 0 Å². The Morgan fingerprint density at radius 2 is 0.430 bits per heavy atom. The van der Waals surface area contributed by atoms with Crippen LogP contribution in [0.5, 0.6) is 0 Å². The van der Waals surface area contributed by atoms with Crippen molar-refractivity contribution in [1.82, 2.24) is 13.7 Å². The zero-order chi connectivity index (χ0) is 87.7. The van der Waals surface area contributed by atoms with Crippen molar-refractivity contribution in [1.29, 1.82) is 0 Å². The van der Waals surface area contributed by atoms with E-state index in [1.807, 2.05) is 34.0 Å². The molecule has 9 aromatic heterocycles. The summed E-state index contributed by atoms with van der Waals surface area (Å²) in [6.45, 7) is 0. The van der Waals surface area contributed by atoms with Crippen LogP contribution in [0.25, 0.3) is 306 Å². The lowest BCUT2D eigenvalue weighted by Gasteiger charge is -2.14. The molecule has 0 unspecified atom stereocenters. The molecule has 24 aromatic carbocycles.